The summed E-state index contributed by atoms with van der Waals surface area (Å²) in [5.74, 6) is -3.10. The molecule has 0 saturated carbocycles. The third-order valence-corrected chi connectivity index (χ3v) is 1.93. The highest BCUT2D eigenvalue weighted by Crippen LogP contribution is 2.21. The van der Waals surface area contributed by atoms with Crippen LogP contribution in [0.5, 0.6) is 0 Å². The van der Waals surface area contributed by atoms with Gasteiger partial charge in [0.25, 0.3) is 0 Å². The molecule has 0 aliphatic carbocycles. The number of rotatable bonds is 2. The van der Waals surface area contributed by atoms with Gasteiger partial charge in [0, 0.05) is 11.6 Å². The van der Waals surface area contributed by atoms with Crippen LogP contribution >= 0.6 is 12.4 Å². The largest absolute Gasteiger partial charge is 0.480 e. The van der Waals surface area contributed by atoms with Crippen molar-refractivity contribution in [2.75, 3.05) is 0 Å². The minimum Gasteiger partial charge on any atom is -0.480 e. The van der Waals surface area contributed by atoms with Crippen LogP contribution in [0.1, 0.15) is 12.5 Å². The smallest absolute Gasteiger partial charge is 0.328 e. The molecule has 0 aliphatic heterocycles. The molecule has 0 heterocycles. The minimum absolute atomic E-state index is 0. The van der Waals surface area contributed by atoms with Crippen molar-refractivity contribution < 1.29 is 18.7 Å². The number of hydrogen-bond donors (Lipinski definition) is 2. The molecule has 0 aromatic heterocycles. The molecule has 84 valence electrons. The van der Waals surface area contributed by atoms with Gasteiger partial charge < -0.3 is 10.8 Å². The second-order valence-corrected chi connectivity index (χ2v) is 3.13. The van der Waals surface area contributed by atoms with E-state index in [4.69, 9.17) is 10.8 Å². The van der Waals surface area contributed by atoms with Crippen molar-refractivity contribution in [2.45, 2.75) is 12.5 Å². The van der Waals surface area contributed by atoms with E-state index < -0.39 is 23.1 Å². The molecule has 0 saturated heterocycles. The van der Waals surface area contributed by atoms with E-state index in [1.165, 1.54) is 0 Å². The molecule has 1 atom stereocenters. The molecule has 3 N–H and O–H groups in total. The van der Waals surface area contributed by atoms with Gasteiger partial charge in [0.05, 0.1) is 0 Å². The van der Waals surface area contributed by atoms with Crippen molar-refractivity contribution in [3.63, 3.8) is 0 Å². The Balaban J connectivity index is 0.00000196. The fraction of sp³-hybridized carbons (Fsp3) is 0.222. The molecule has 6 heteroatoms. The van der Waals surface area contributed by atoms with Gasteiger partial charge in [0.2, 0.25) is 0 Å². The van der Waals surface area contributed by atoms with Gasteiger partial charge >= 0.3 is 5.97 Å². The van der Waals surface area contributed by atoms with Crippen molar-refractivity contribution in [2.24, 2.45) is 5.73 Å². The van der Waals surface area contributed by atoms with Crippen LogP contribution in [0.15, 0.2) is 18.2 Å². The fourth-order valence-electron chi connectivity index (χ4n) is 1.03. The summed E-state index contributed by atoms with van der Waals surface area (Å²) < 4.78 is 25.6. The molecule has 0 fully saturated rings. The van der Waals surface area contributed by atoms with Crippen LogP contribution in [-0.2, 0) is 10.3 Å². The van der Waals surface area contributed by atoms with Crippen molar-refractivity contribution >= 4 is 18.4 Å². The summed E-state index contributed by atoms with van der Waals surface area (Å²) in [6.45, 7) is 1.14. The van der Waals surface area contributed by atoms with Gasteiger partial charge in [-0.05, 0) is 13.0 Å². The van der Waals surface area contributed by atoms with Gasteiger partial charge in [-0.3, -0.25) is 0 Å². The Morgan fingerprint density at radius 2 is 2.00 bits per heavy atom. The third kappa shape index (κ3) is 2.64. The molecule has 1 rings (SSSR count). The molecule has 0 unspecified atom stereocenters. The lowest BCUT2D eigenvalue weighted by molar-refractivity contribution is -0.143. The third-order valence-electron chi connectivity index (χ3n) is 1.93. The van der Waals surface area contributed by atoms with Crippen LogP contribution in [-0.4, -0.2) is 11.1 Å². The van der Waals surface area contributed by atoms with Crippen LogP contribution in [0, 0.1) is 11.6 Å². The monoisotopic (exact) mass is 237 g/mol. The Bertz CT molecular complexity index is 382. The Kier molecular flexibility index (Phi) is 4.18. The Morgan fingerprint density at radius 1 is 1.47 bits per heavy atom. The van der Waals surface area contributed by atoms with Gasteiger partial charge in [-0.1, -0.05) is 6.07 Å². The number of carboxylic acids is 1. The topological polar surface area (TPSA) is 63.3 Å². The van der Waals surface area contributed by atoms with Crippen molar-refractivity contribution in [3.8, 4) is 0 Å². The van der Waals surface area contributed by atoms with Crippen LogP contribution in [0.2, 0.25) is 0 Å². The summed E-state index contributed by atoms with van der Waals surface area (Å²) in [7, 11) is 0. The van der Waals surface area contributed by atoms with Gasteiger partial charge in [-0.15, -0.1) is 12.4 Å². The second-order valence-electron chi connectivity index (χ2n) is 3.13. The first kappa shape index (κ1) is 13.8. The van der Waals surface area contributed by atoms with E-state index in [2.05, 4.69) is 0 Å². The maximum absolute atomic E-state index is 13.1. The standard InChI is InChI=1S/C9H9F2NO2.ClH/c1-9(12,8(13)14)6-3-2-5(10)4-7(6)11;/h2-4H,12H2,1H3,(H,13,14);1H/t9-;/m0./s1. The summed E-state index contributed by atoms with van der Waals surface area (Å²) >= 11 is 0. The maximum atomic E-state index is 13.1. The van der Waals surface area contributed by atoms with E-state index in [0.717, 1.165) is 19.1 Å². The highest BCUT2D eigenvalue weighted by Gasteiger charge is 2.32. The predicted molar refractivity (Wildman–Crippen MR) is 52.8 cm³/mol. The van der Waals surface area contributed by atoms with E-state index in [9.17, 15) is 13.6 Å². The lowest BCUT2D eigenvalue weighted by atomic mass is 9.93. The van der Waals surface area contributed by atoms with E-state index in [1.807, 2.05) is 0 Å². The quantitative estimate of drug-likeness (QED) is 0.822. The molecule has 1 aromatic carbocycles. The molecule has 0 radical (unpaired) electrons. The maximum Gasteiger partial charge on any atom is 0.328 e. The molecule has 0 aliphatic rings. The number of benzene rings is 1. The summed E-state index contributed by atoms with van der Waals surface area (Å²) in [5.41, 5.74) is 3.28. The van der Waals surface area contributed by atoms with Crippen LogP contribution in [0.25, 0.3) is 0 Å². The van der Waals surface area contributed by atoms with E-state index in [0.29, 0.717) is 6.07 Å². The number of hydrogen-bond acceptors (Lipinski definition) is 2. The van der Waals surface area contributed by atoms with Crippen molar-refractivity contribution in [1.29, 1.82) is 0 Å². The molecule has 1 aromatic rings. The molecule has 0 bridgehead atoms. The summed E-state index contributed by atoms with van der Waals surface area (Å²) in [6, 6.07) is 2.59. The summed E-state index contributed by atoms with van der Waals surface area (Å²) in [5, 5.41) is 8.70. The first-order chi connectivity index (χ1) is 6.35. The lowest BCUT2D eigenvalue weighted by Crippen LogP contribution is -2.42. The average Bonchev–Trinajstić information content (AvgIpc) is 2.02. The van der Waals surface area contributed by atoms with Crippen LogP contribution < -0.4 is 5.73 Å². The highest BCUT2D eigenvalue weighted by molar-refractivity contribution is 5.85. The van der Waals surface area contributed by atoms with Gasteiger partial charge in [-0.2, -0.15) is 0 Å². The zero-order chi connectivity index (χ0) is 10.9. The second kappa shape index (κ2) is 4.55. The number of carboxylic acid groups (broad SMARTS) is 1. The van der Waals surface area contributed by atoms with Crippen molar-refractivity contribution in [1.82, 2.24) is 0 Å². The van der Waals surface area contributed by atoms with Gasteiger partial charge in [0.15, 0.2) is 0 Å². The highest BCUT2D eigenvalue weighted by atomic mass is 35.5. The first-order valence-electron chi connectivity index (χ1n) is 3.83. The molecular formula is C9H10ClF2NO2. The average molecular weight is 238 g/mol. The molecular weight excluding hydrogens is 228 g/mol. The summed E-state index contributed by atoms with van der Waals surface area (Å²) in [6.07, 6.45) is 0. The fourth-order valence-corrected chi connectivity index (χ4v) is 1.03. The van der Waals surface area contributed by atoms with E-state index in [-0.39, 0.29) is 18.0 Å². The SMILES string of the molecule is C[C@@](N)(C(=O)O)c1ccc(F)cc1F.Cl. The predicted octanol–water partition coefficient (Wildman–Crippen LogP) is 1.65. The normalized spacial score (nSPS) is 13.9. The zero-order valence-electron chi connectivity index (χ0n) is 7.83. The molecule has 0 spiro atoms. The van der Waals surface area contributed by atoms with E-state index >= 15 is 0 Å². The van der Waals surface area contributed by atoms with Gasteiger partial charge in [0.1, 0.15) is 17.2 Å². The lowest BCUT2D eigenvalue weighted by Gasteiger charge is -2.19. The number of nitrogens with two attached hydrogens (primary N) is 1. The number of carbonyl (C=O) groups is 1. The van der Waals surface area contributed by atoms with Crippen LogP contribution in [0.4, 0.5) is 8.78 Å². The summed E-state index contributed by atoms with van der Waals surface area (Å²) in [4.78, 5) is 10.7. The van der Waals surface area contributed by atoms with E-state index in [1.54, 1.807) is 0 Å². The molecule has 15 heavy (non-hydrogen) atoms. The number of halogens is 3. The Labute approximate surface area is 91.3 Å². The Hall–Kier alpha value is -1.20. The first-order valence-corrected chi connectivity index (χ1v) is 3.83. The Morgan fingerprint density at radius 3 is 2.40 bits per heavy atom. The zero-order valence-corrected chi connectivity index (χ0v) is 8.65. The number of aliphatic carboxylic acids is 1. The minimum atomic E-state index is -1.85. The van der Waals surface area contributed by atoms with Gasteiger partial charge in [-0.25, -0.2) is 13.6 Å². The molecule has 3 nitrogen and oxygen atoms in total. The van der Waals surface area contributed by atoms with Crippen LogP contribution in [0.3, 0.4) is 0 Å². The molecule has 0 amide bonds. The van der Waals surface area contributed by atoms with Crippen molar-refractivity contribution in [3.05, 3.63) is 35.4 Å².